The SMILES string of the molecule is COc1ccc(C(CN(C)C)C2(O)CCCCC2)cc1.Cl.[H+]. The summed E-state index contributed by atoms with van der Waals surface area (Å²) in [7, 11) is 5.83. The first-order valence-corrected chi connectivity index (χ1v) is 7.56. The molecular weight excluding hydrogens is 286 g/mol. The molecule has 0 spiro atoms. The number of nitrogens with zero attached hydrogens (tertiary/aromatic N) is 1. The molecule has 1 aromatic carbocycles. The lowest BCUT2D eigenvalue weighted by molar-refractivity contribution is -0.0277. The average molecular weight is 315 g/mol. The Bertz CT molecular complexity index is 419. The summed E-state index contributed by atoms with van der Waals surface area (Å²) in [5, 5.41) is 11.1. The molecule has 1 aromatic rings. The third kappa shape index (κ3) is 4.60. The molecule has 1 atom stereocenters. The van der Waals surface area contributed by atoms with Crippen molar-refractivity contribution < 1.29 is 11.3 Å². The van der Waals surface area contributed by atoms with Gasteiger partial charge in [0, 0.05) is 12.5 Å². The minimum Gasteiger partial charge on any atom is -0.497 e. The summed E-state index contributed by atoms with van der Waals surface area (Å²) >= 11 is 0. The first-order chi connectivity index (χ1) is 9.55. The van der Waals surface area contributed by atoms with Crippen molar-refractivity contribution in [2.24, 2.45) is 0 Å². The van der Waals surface area contributed by atoms with Crippen LogP contribution in [0.1, 0.15) is 45.0 Å². The average Bonchev–Trinajstić information content (AvgIpc) is 2.45. The zero-order valence-corrected chi connectivity index (χ0v) is 14.2. The maximum Gasteiger partial charge on any atom is 1.00 e. The highest BCUT2D eigenvalue weighted by Crippen LogP contribution is 2.40. The molecule has 0 amide bonds. The van der Waals surface area contributed by atoms with Crippen LogP contribution in [-0.2, 0) is 0 Å². The van der Waals surface area contributed by atoms with E-state index in [0.29, 0.717) is 0 Å². The molecule has 1 fully saturated rings. The standard InChI is InChI=1S/C17H27NO2.ClH/c1-18(2)13-16(17(19)11-5-4-6-12-17)14-7-9-15(20-3)10-8-14;/h7-10,16,19H,4-6,11-13H2,1-3H3;1H/p+1. The van der Waals surface area contributed by atoms with Crippen molar-refractivity contribution >= 4 is 12.4 Å². The first-order valence-electron chi connectivity index (χ1n) is 7.56. The molecule has 0 heterocycles. The molecule has 0 aromatic heterocycles. The van der Waals surface area contributed by atoms with E-state index in [2.05, 4.69) is 31.1 Å². The summed E-state index contributed by atoms with van der Waals surface area (Å²) in [4.78, 5) is 2.17. The molecule has 0 radical (unpaired) electrons. The van der Waals surface area contributed by atoms with Gasteiger partial charge in [-0.05, 0) is 44.6 Å². The van der Waals surface area contributed by atoms with Crippen LogP contribution in [0.4, 0.5) is 0 Å². The van der Waals surface area contributed by atoms with E-state index < -0.39 is 5.60 Å². The van der Waals surface area contributed by atoms with Gasteiger partial charge in [-0.1, -0.05) is 31.4 Å². The first kappa shape index (κ1) is 18.3. The van der Waals surface area contributed by atoms with Gasteiger partial charge in [0.15, 0.2) is 0 Å². The molecule has 2 rings (SSSR count). The van der Waals surface area contributed by atoms with Crippen molar-refractivity contribution in [3.8, 4) is 5.75 Å². The van der Waals surface area contributed by atoms with E-state index in [1.54, 1.807) is 7.11 Å². The number of hydrogen-bond acceptors (Lipinski definition) is 3. The van der Waals surface area contributed by atoms with Gasteiger partial charge in [0.2, 0.25) is 0 Å². The lowest BCUT2D eigenvalue weighted by atomic mass is 9.72. The Hall–Kier alpha value is -0.770. The summed E-state index contributed by atoms with van der Waals surface area (Å²) in [5.41, 5.74) is 0.654. The minimum absolute atomic E-state index is 0. The largest absolute Gasteiger partial charge is 1.00 e. The van der Waals surface area contributed by atoms with Crippen LogP contribution in [0.25, 0.3) is 0 Å². The fourth-order valence-electron chi connectivity index (χ4n) is 3.30. The van der Waals surface area contributed by atoms with Crippen molar-refractivity contribution in [3.05, 3.63) is 29.8 Å². The fourth-order valence-corrected chi connectivity index (χ4v) is 3.30. The maximum atomic E-state index is 11.1. The molecule has 21 heavy (non-hydrogen) atoms. The molecule has 3 nitrogen and oxygen atoms in total. The van der Waals surface area contributed by atoms with Gasteiger partial charge in [-0.25, -0.2) is 0 Å². The second kappa shape index (κ2) is 8.02. The molecule has 1 aliphatic carbocycles. The van der Waals surface area contributed by atoms with Gasteiger partial charge in [-0.2, -0.15) is 0 Å². The smallest absolute Gasteiger partial charge is 0.497 e. The normalized spacial score (nSPS) is 18.9. The fraction of sp³-hybridized carbons (Fsp3) is 0.647. The molecule has 1 aliphatic rings. The highest BCUT2D eigenvalue weighted by molar-refractivity contribution is 5.85. The highest BCUT2D eigenvalue weighted by atomic mass is 35.5. The number of likely N-dealkylation sites (N-methyl/N-ethyl adjacent to an activating group) is 1. The molecule has 1 saturated carbocycles. The van der Waals surface area contributed by atoms with Gasteiger partial charge in [0.25, 0.3) is 0 Å². The molecule has 120 valence electrons. The lowest BCUT2D eigenvalue weighted by Gasteiger charge is -2.40. The number of halogens is 1. The van der Waals surface area contributed by atoms with E-state index in [4.69, 9.17) is 4.74 Å². The number of methoxy groups -OCH3 is 1. The van der Waals surface area contributed by atoms with Crippen LogP contribution in [-0.4, -0.2) is 43.4 Å². The lowest BCUT2D eigenvalue weighted by Crippen LogP contribution is -2.42. The van der Waals surface area contributed by atoms with Crippen LogP contribution in [0, 0.1) is 0 Å². The molecule has 0 saturated heterocycles. The minimum atomic E-state index is -0.558. The quantitative estimate of drug-likeness (QED) is 0.902. The van der Waals surface area contributed by atoms with E-state index in [1.165, 1.54) is 12.0 Å². The van der Waals surface area contributed by atoms with E-state index in [0.717, 1.165) is 38.0 Å². The second-order valence-corrected chi connectivity index (χ2v) is 6.25. The monoisotopic (exact) mass is 314 g/mol. The Labute approximate surface area is 136 Å². The van der Waals surface area contributed by atoms with Crippen LogP contribution >= 0.6 is 12.4 Å². The molecule has 4 heteroatoms. The third-order valence-electron chi connectivity index (χ3n) is 4.43. The van der Waals surface area contributed by atoms with Gasteiger partial charge >= 0.3 is 1.43 Å². The Balaban J connectivity index is 0.00000220. The summed E-state index contributed by atoms with van der Waals surface area (Å²) < 4.78 is 5.23. The molecule has 0 bridgehead atoms. The van der Waals surface area contributed by atoms with E-state index in [-0.39, 0.29) is 19.8 Å². The summed E-state index contributed by atoms with van der Waals surface area (Å²) in [6.07, 6.45) is 5.35. The van der Waals surface area contributed by atoms with Crippen molar-refractivity contribution in [3.63, 3.8) is 0 Å². The number of aliphatic hydroxyl groups is 1. The van der Waals surface area contributed by atoms with Gasteiger partial charge in [-0.15, -0.1) is 12.4 Å². The zero-order valence-electron chi connectivity index (χ0n) is 14.3. The molecule has 1 N–H and O–H groups in total. The van der Waals surface area contributed by atoms with E-state index in [1.807, 2.05) is 12.1 Å². The number of hydrogen-bond donors (Lipinski definition) is 1. The number of ether oxygens (including phenoxy) is 1. The Morgan fingerprint density at radius 2 is 1.76 bits per heavy atom. The third-order valence-corrected chi connectivity index (χ3v) is 4.43. The van der Waals surface area contributed by atoms with Crippen LogP contribution in [0.15, 0.2) is 24.3 Å². The summed E-state index contributed by atoms with van der Waals surface area (Å²) in [5.74, 6) is 1.04. The number of rotatable bonds is 5. The predicted octanol–water partition coefficient (Wildman–Crippen LogP) is 3.57. The van der Waals surface area contributed by atoms with Gasteiger partial charge in [0.1, 0.15) is 5.75 Å². The predicted molar refractivity (Wildman–Crippen MR) is 90.7 cm³/mol. The zero-order chi connectivity index (χ0) is 14.6. The number of benzene rings is 1. The maximum absolute atomic E-state index is 11.1. The summed E-state index contributed by atoms with van der Waals surface area (Å²) in [6, 6.07) is 8.17. The Morgan fingerprint density at radius 3 is 2.24 bits per heavy atom. The van der Waals surface area contributed by atoms with Crippen molar-refractivity contribution in [1.82, 2.24) is 4.90 Å². The van der Waals surface area contributed by atoms with E-state index in [9.17, 15) is 5.11 Å². The Morgan fingerprint density at radius 1 is 1.19 bits per heavy atom. The van der Waals surface area contributed by atoms with Gasteiger partial charge in [0.05, 0.1) is 12.7 Å². The van der Waals surface area contributed by atoms with Gasteiger partial charge < -0.3 is 14.7 Å². The molecular formula is C17H29ClNO2+. The van der Waals surface area contributed by atoms with Crippen LogP contribution in [0.5, 0.6) is 5.75 Å². The highest BCUT2D eigenvalue weighted by Gasteiger charge is 2.38. The van der Waals surface area contributed by atoms with Crippen LogP contribution in [0.3, 0.4) is 0 Å². The molecule has 0 aliphatic heterocycles. The van der Waals surface area contributed by atoms with Crippen LogP contribution in [0.2, 0.25) is 0 Å². The second-order valence-electron chi connectivity index (χ2n) is 6.25. The molecule has 1 unspecified atom stereocenters. The topological polar surface area (TPSA) is 32.7 Å². The van der Waals surface area contributed by atoms with Gasteiger partial charge in [-0.3, -0.25) is 0 Å². The Kier molecular flexibility index (Phi) is 6.98. The van der Waals surface area contributed by atoms with Crippen molar-refractivity contribution in [2.45, 2.75) is 43.6 Å². The van der Waals surface area contributed by atoms with Crippen molar-refractivity contribution in [1.29, 1.82) is 0 Å². The van der Waals surface area contributed by atoms with E-state index >= 15 is 0 Å². The van der Waals surface area contributed by atoms with Crippen LogP contribution < -0.4 is 4.74 Å². The summed E-state index contributed by atoms with van der Waals surface area (Å²) in [6.45, 7) is 0.878. The van der Waals surface area contributed by atoms with Crippen molar-refractivity contribution in [2.75, 3.05) is 27.7 Å².